The van der Waals surface area contributed by atoms with Crippen LogP contribution < -0.4 is 5.73 Å². The lowest BCUT2D eigenvalue weighted by atomic mass is 9.98. The molecule has 0 spiro atoms. The Kier molecular flexibility index (Phi) is 4.76. The minimum Gasteiger partial charge on any atom is -0.394 e. The Labute approximate surface area is 76.6 Å². The van der Waals surface area contributed by atoms with Crippen molar-refractivity contribution in [1.29, 1.82) is 0 Å². The third kappa shape index (κ3) is 2.37. The quantitative estimate of drug-likeness (QED) is 0.313. The Morgan fingerprint density at radius 1 is 1.15 bits per heavy atom. The average molecular weight is 195 g/mol. The van der Waals surface area contributed by atoms with Crippen LogP contribution in [-0.2, 0) is 4.74 Å². The van der Waals surface area contributed by atoms with Gasteiger partial charge in [-0.3, -0.25) is 0 Å². The molecule has 1 fully saturated rings. The summed E-state index contributed by atoms with van der Waals surface area (Å²) >= 11 is 0. The van der Waals surface area contributed by atoms with Crippen molar-refractivity contribution in [3.8, 4) is 0 Å². The Hall–Kier alpha value is -0.240. The fourth-order valence-corrected chi connectivity index (χ4v) is 1.12. The Balaban J connectivity index is 0.00000144. The molecular formula is C7H17NO5. The molecule has 80 valence electrons. The zero-order valence-corrected chi connectivity index (χ0v) is 6.37. The highest BCUT2D eigenvalue weighted by Gasteiger charge is 2.41. The minimum absolute atomic E-state index is 0. The van der Waals surface area contributed by atoms with E-state index < -0.39 is 37.3 Å². The molecule has 1 heterocycles. The van der Waals surface area contributed by atoms with Gasteiger partial charge in [0.1, 0.15) is 18.3 Å². The van der Waals surface area contributed by atoms with Gasteiger partial charge in [-0.15, -0.1) is 0 Å². The monoisotopic (exact) mass is 195 g/mol. The SMILES string of the molecule is C.N[C@H]1C(O)O[C@H](CO)[C@@H](O)[C@@H]1O. The molecule has 0 aromatic heterocycles. The first kappa shape index (κ1) is 12.8. The third-order valence-electron chi connectivity index (χ3n) is 1.95. The van der Waals surface area contributed by atoms with Gasteiger partial charge in [-0.2, -0.15) is 0 Å². The molecular weight excluding hydrogens is 178 g/mol. The van der Waals surface area contributed by atoms with Gasteiger partial charge in [0, 0.05) is 0 Å². The third-order valence-corrected chi connectivity index (χ3v) is 1.95. The smallest absolute Gasteiger partial charge is 0.173 e. The highest BCUT2D eigenvalue weighted by Crippen LogP contribution is 2.17. The Morgan fingerprint density at radius 2 is 1.69 bits per heavy atom. The summed E-state index contributed by atoms with van der Waals surface area (Å²) in [5.74, 6) is 0. The topological polar surface area (TPSA) is 116 Å². The van der Waals surface area contributed by atoms with Gasteiger partial charge in [-0.05, 0) is 0 Å². The van der Waals surface area contributed by atoms with Crippen LogP contribution in [0.15, 0.2) is 0 Å². The van der Waals surface area contributed by atoms with E-state index in [-0.39, 0.29) is 7.43 Å². The predicted octanol–water partition coefficient (Wildman–Crippen LogP) is -2.62. The van der Waals surface area contributed by atoms with E-state index in [1.807, 2.05) is 0 Å². The summed E-state index contributed by atoms with van der Waals surface area (Å²) in [5.41, 5.74) is 5.26. The van der Waals surface area contributed by atoms with Crippen LogP contribution in [0.4, 0.5) is 0 Å². The average Bonchev–Trinajstić information content (AvgIpc) is 2.08. The van der Waals surface area contributed by atoms with Crippen LogP contribution in [0, 0.1) is 0 Å². The van der Waals surface area contributed by atoms with Gasteiger partial charge in [0.25, 0.3) is 0 Å². The largest absolute Gasteiger partial charge is 0.394 e. The Morgan fingerprint density at radius 3 is 2.15 bits per heavy atom. The number of hydrogen-bond acceptors (Lipinski definition) is 6. The normalized spacial score (nSPS) is 45.5. The molecule has 1 unspecified atom stereocenters. The van der Waals surface area contributed by atoms with Crippen molar-refractivity contribution in [3.05, 3.63) is 0 Å². The van der Waals surface area contributed by atoms with E-state index in [4.69, 9.17) is 20.7 Å². The molecule has 0 aromatic carbocycles. The summed E-state index contributed by atoms with van der Waals surface area (Å²) in [6.45, 7) is -0.470. The van der Waals surface area contributed by atoms with Crippen molar-refractivity contribution in [2.75, 3.05) is 6.61 Å². The highest BCUT2D eigenvalue weighted by molar-refractivity contribution is 4.90. The fourth-order valence-electron chi connectivity index (χ4n) is 1.12. The van der Waals surface area contributed by atoms with E-state index in [2.05, 4.69) is 0 Å². The molecule has 1 aliphatic rings. The van der Waals surface area contributed by atoms with E-state index >= 15 is 0 Å². The molecule has 1 saturated heterocycles. The molecule has 0 bridgehead atoms. The van der Waals surface area contributed by atoms with Crippen LogP contribution in [0.3, 0.4) is 0 Å². The molecule has 6 heteroatoms. The summed E-state index contributed by atoms with van der Waals surface area (Å²) < 4.78 is 4.70. The van der Waals surface area contributed by atoms with Gasteiger partial charge in [0.05, 0.1) is 12.6 Å². The number of hydrogen-bond donors (Lipinski definition) is 5. The van der Waals surface area contributed by atoms with E-state index in [1.54, 1.807) is 0 Å². The molecule has 13 heavy (non-hydrogen) atoms. The zero-order chi connectivity index (χ0) is 9.30. The van der Waals surface area contributed by atoms with E-state index in [0.717, 1.165) is 0 Å². The van der Waals surface area contributed by atoms with Gasteiger partial charge >= 0.3 is 0 Å². The maximum atomic E-state index is 9.20. The molecule has 0 aromatic rings. The molecule has 6 N–H and O–H groups in total. The van der Waals surface area contributed by atoms with Gasteiger partial charge in [0.15, 0.2) is 6.29 Å². The molecule has 0 amide bonds. The maximum absolute atomic E-state index is 9.20. The standard InChI is InChI=1S/C6H13NO5.CH4/c7-3-5(10)4(9)2(1-8)12-6(3)11;/h2-6,8-11H,1,7H2;1H4/t2-,3-,4-,5-,6?;/m1./s1. The van der Waals surface area contributed by atoms with Crippen LogP contribution in [0.1, 0.15) is 7.43 Å². The highest BCUT2D eigenvalue weighted by atomic mass is 16.6. The van der Waals surface area contributed by atoms with E-state index in [9.17, 15) is 10.2 Å². The fraction of sp³-hybridized carbons (Fsp3) is 1.00. The van der Waals surface area contributed by atoms with E-state index in [1.165, 1.54) is 0 Å². The van der Waals surface area contributed by atoms with Crippen molar-refractivity contribution >= 4 is 0 Å². The zero-order valence-electron chi connectivity index (χ0n) is 6.37. The lowest BCUT2D eigenvalue weighted by Crippen LogP contribution is -2.61. The van der Waals surface area contributed by atoms with Crippen molar-refractivity contribution in [1.82, 2.24) is 0 Å². The van der Waals surface area contributed by atoms with Gasteiger partial charge in [-0.25, -0.2) is 0 Å². The van der Waals surface area contributed by atoms with Crippen LogP contribution in [0.5, 0.6) is 0 Å². The van der Waals surface area contributed by atoms with Crippen LogP contribution in [0.2, 0.25) is 0 Å². The molecule has 5 atom stereocenters. The first-order chi connectivity index (χ1) is 5.57. The second-order valence-corrected chi connectivity index (χ2v) is 2.81. The lowest BCUT2D eigenvalue weighted by Gasteiger charge is -2.38. The number of rotatable bonds is 1. The number of nitrogens with two attached hydrogens (primary N) is 1. The van der Waals surface area contributed by atoms with Crippen molar-refractivity contribution in [2.45, 2.75) is 38.1 Å². The summed E-state index contributed by atoms with van der Waals surface area (Å²) in [5, 5.41) is 36.1. The molecule has 1 rings (SSSR count). The number of ether oxygens (including phenoxy) is 1. The molecule has 0 radical (unpaired) electrons. The van der Waals surface area contributed by atoms with Gasteiger partial charge < -0.3 is 30.9 Å². The molecule has 0 aliphatic carbocycles. The van der Waals surface area contributed by atoms with Crippen LogP contribution >= 0.6 is 0 Å². The molecule has 0 saturated carbocycles. The Bertz CT molecular complexity index is 151. The van der Waals surface area contributed by atoms with Crippen molar-refractivity contribution in [3.63, 3.8) is 0 Å². The van der Waals surface area contributed by atoms with Crippen LogP contribution in [0.25, 0.3) is 0 Å². The summed E-state index contributed by atoms with van der Waals surface area (Å²) in [6.07, 6.45) is -4.85. The molecule has 6 nitrogen and oxygen atoms in total. The summed E-state index contributed by atoms with van der Waals surface area (Å²) in [6, 6.07) is -1.04. The van der Waals surface area contributed by atoms with Crippen molar-refractivity contribution in [2.24, 2.45) is 5.73 Å². The van der Waals surface area contributed by atoms with Gasteiger partial charge in [0.2, 0.25) is 0 Å². The summed E-state index contributed by atoms with van der Waals surface area (Å²) in [4.78, 5) is 0. The first-order valence-electron chi connectivity index (χ1n) is 3.64. The second kappa shape index (κ2) is 4.85. The van der Waals surface area contributed by atoms with Gasteiger partial charge in [-0.1, -0.05) is 7.43 Å². The first-order valence-corrected chi connectivity index (χ1v) is 3.64. The van der Waals surface area contributed by atoms with E-state index in [0.29, 0.717) is 0 Å². The lowest BCUT2D eigenvalue weighted by molar-refractivity contribution is -0.248. The minimum atomic E-state index is -1.35. The second-order valence-electron chi connectivity index (χ2n) is 2.81. The predicted molar refractivity (Wildman–Crippen MR) is 44.7 cm³/mol. The maximum Gasteiger partial charge on any atom is 0.173 e. The number of aliphatic hydroxyl groups is 4. The summed E-state index contributed by atoms with van der Waals surface area (Å²) in [7, 11) is 0. The van der Waals surface area contributed by atoms with Crippen LogP contribution in [-0.4, -0.2) is 57.7 Å². The van der Waals surface area contributed by atoms with Crippen molar-refractivity contribution < 1.29 is 25.2 Å². The number of aliphatic hydroxyl groups excluding tert-OH is 4. The molecule has 1 aliphatic heterocycles.